The first-order valence-electron chi connectivity index (χ1n) is 5.61. The van der Waals surface area contributed by atoms with Gasteiger partial charge >= 0.3 is 0 Å². The van der Waals surface area contributed by atoms with Gasteiger partial charge in [-0.25, -0.2) is 0 Å². The van der Waals surface area contributed by atoms with Gasteiger partial charge in [-0.1, -0.05) is 18.1 Å². The van der Waals surface area contributed by atoms with Crippen molar-refractivity contribution in [3.8, 4) is 0 Å². The molecule has 0 nitrogen and oxygen atoms in total. The lowest BCUT2D eigenvalue weighted by Crippen LogP contribution is -2.26. The van der Waals surface area contributed by atoms with Gasteiger partial charge in [0.2, 0.25) is 0 Å². The van der Waals surface area contributed by atoms with Crippen LogP contribution in [0.4, 0.5) is 0 Å². The first kappa shape index (κ1) is 7.17. The third-order valence-electron chi connectivity index (χ3n) is 4.46. The van der Waals surface area contributed by atoms with Crippen LogP contribution in [0.1, 0.15) is 51.4 Å². The Morgan fingerprint density at radius 3 is 2.92 bits per heavy atom. The smallest absolute Gasteiger partial charge is 0.00850 e. The standard InChI is InChI=1S/C12H18/c1-2-7-12-8-3-4-10(6-9-12)11(12)5-1/h5,10H,1-4,6-9H2. The van der Waals surface area contributed by atoms with Crippen molar-refractivity contribution in [3.63, 3.8) is 0 Å². The molecule has 3 rings (SSSR count). The molecule has 0 amide bonds. The molecule has 0 aromatic rings. The van der Waals surface area contributed by atoms with Gasteiger partial charge < -0.3 is 0 Å². The Balaban J connectivity index is 2.04. The number of allylic oxidation sites excluding steroid dienone is 2. The van der Waals surface area contributed by atoms with E-state index in [2.05, 4.69) is 6.08 Å². The van der Waals surface area contributed by atoms with Crippen molar-refractivity contribution in [1.29, 1.82) is 0 Å². The maximum absolute atomic E-state index is 2.60. The fraction of sp³-hybridized carbons (Fsp3) is 0.833. The number of hydrogen-bond acceptors (Lipinski definition) is 0. The quantitative estimate of drug-likeness (QED) is 0.477. The molecule has 2 saturated carbocycles. The second-order valence-electron chi connectivity index (χ2n) is 4.96. The Labute approximate surface area is 75.0 Å². The van der Waals surface area contributed by atoms with Gasteiger partial charge in [0.15, 0.2) is 0 Å². The molecule has 0 radical (unpaired) electrons. The molecule has 3 aliphatic rings. The highest BCUT2D eigenvalue weighted by Crippen LogP contribution is 2.59. The van der Waals surface area contributed by atoms with Crippen molar-refractivity contribution in [2.75, 3.05) is 0 Å². The van der Waals surface area contributed by atoms with Gasteiger partial charge in [0.05, 0.1) is 0 Å². The van der Waals surface area contributed by atoms with E-state index in [4.69, 9.17) is 0 Å². The van der Waals surface area contributed by atoms with Crippen molar-refractivity contribution in [2.24, 2.45) is 11.3 Å². The SMILES string of the molecule is C1=C2C3CCCC2(CCC1)CC3. The Morgan fingerprint density at radius 2 is 2.00 bits per heavy atom. The summed E-state index contributed by atoms with van der Waals surface area (Å²) in [6, 6.07) is 0. The van der Waals surface area contributed by atoms with Gasteiger partial charge in [-0.05, 0) is 56.3 Å². The minimum Gasteiger partial charge on any atom is -0.0845 e. The zero-order chi connectivity index (χ0) is 8.02. The van der Waals surface area contributed by atoms with Crippen molar-refractivity contribution >= 4 is 0 Å². The lowest BCUT2D eigenvalue weighted by molar-refractivity contribution is 0.258. The minimum atomic E-state index is 0.751. The third-order valence-corrected chi connectivity index (χ3v) is 4.46. The molecular formula is C12H18. The number of hydrogen-bond donors (Lipinski definition) is 0. The molecular weight excluding hydrogens is 144 g/mol. The summed E-state index contributed by atoms with van der Waals surface area (Å²) in [5.74, 6) is 1.03. The van der Waals surface area contributed by atoms with Crippen LogP contribution in [0.25, 0.3) is 0 Å². The fourth-order valence-corrected chi connectivity index (χ4v) is 3.91. The first-order chi connectivity index (χ1) is 5.91. The van der Waals surface area contributed by atoms with Crippen LogP contribution in [0, 0.1) is 11.3 Å². The van der Waals surface area contributed by atoms with Crippen LogP contribution < -0.4 is 0 Å². The predicted octanol–water partition coefficient (Wildman–Crippen LogP) is 3.68. The average molecular weight is 162 g/mol. The van der Waals surface area contributed by atoms with E-state index in [1.54, 1.807) is 0 Å². The maximum atomic E-state index is 2.60. The average Bonchev–Trinajstić information content (AvgIpc) is 2.35. The highest BCUT2D eigenvalue weighted by molar-refractivity contribution is 5.26. The number of rotatable bonds is 0. The fourth-order valence-electron chi connectivity index (χ4n) is 3.91. The van der Waals surface area contributed by atoms with Gasteiger partial charge in [-0.3, -0.25) is 0 Å². The van der Waals surface area contributed by atoms with Crippen molar-refractivity contribution < 1.29 is 0 Å². The summed E-state index contributed by atoms with van der Waals surface area (Å²) >= 11 is 0. The molecule has 2 atom stereocenters. The molecule has 2 unspecified atom stereocenters. The van der Waals surface area contributed by atoms with E-state index in [1.165, 1.54) is 51.4 Å². The molecule has 66 valence electrons. The van der Waals surface area contributed by atoms with E-state index >= 15 is 0 Å². The monoisotopic (exact) mass is 162 g/mol. The zero-order valence-electron chi connectivity index (χ0n) is 7.81. The molecule has 0 saturated heterocycles. The Morgan fingerprint density at radius 1 is 1.08 bits per heavy atom. The highest BCUT2D eigenvalue weighted by atomic mass is 14.5. The van der Waals surface area contributed by atoms with Gasteiger partial charge in [-0.15, -0.1) is 0 Å². The van der Waals surface area contributed by atoms with Crippen LogP contribution in [0.2, 0.25) is 0 Å². The molecule has 0 N–H and O–H groups in total. The second kappa shape index (κ2) is 2.37. The Bertz CT molecular complexity index is 222. The Hall–Kier alpha value is -0.260. The van der Waals surface area contributed by atoms with Gasteiger partial charge in [0.1, 0.15) is 0 Å². The lowest BCUT2D eigenvalue weighted by Gasteiger charge is -2.39. The Kier molecular flexibility index (Phi) is 1.42. The summed E-state index contributed by atoms with van der Waals surface area (Å²) in [4.78, 5) is 0. The maximum Gasteiger partial charge on any atom is -0.00850 e. The largest absolute Gasteiger partial charge is 0.0845 e. The summed E-state index contributed by atoms with van der Waals surface area (Å²) in [6.45, 7) is 0. The summed E-state index contributed by atoms with van der Waals surface area (Å²) in [5.41, 5.74) is 2.65. The summed E-state index contributed by atoms with van der Waals surface area (Å²) in [5, 5.41) is 0. The van der Waals surface area contributed by atoms with E-state index in [-0.39, 0.29) is 0 Å². The predicted molar refractivity (Wildman–Crippen MR) is 50.9 cm³/mol. The molecule has 12 heavy (non-hydrogen) atoms. The summed E-state index contributed by atoms with van der Waals surface area (Å²) in [6.07, 6.45) is 14.6. The van der Waals surface area contributed by atoms with Gasteiger partial charge in [0.25, 0.3) is 0 Å². The molecule has 0 aromatic carbocycles. The van der Waals surface area contributed by atoms with Crippen molar-refractivity contribution in [2.45, 2.75) is 51.4 Å². The van der Waals surface area contributed by atoms with Crippen LogP contribution in [0.5, 0.6) is 0 Å². The molecule has 0 heterocycles. The molecule has 2 fully saturated rings. The van der Waals surface area contributed by atoms with Crippen molar-refractivity contribution in [1.82, 2.24) is 0 Å². The van der Waals surface area contributed by atoms with Gasteiger partial charge in [0, 0.05) is 0 Å². The molecule has 0 aromatic heterocycles. The van der Waals surface area contributed by atoms with E-state index in [0.717, 1.165) is 11.3 Å². The molecule has 0 heteroatoms. The zero-order valence-corrected chi connectivity index (χ0v) is 7.81. The van der Waals surface area contributed by atoms with E-state index in [0.29, 0.717) is 0 Å². The van der Waals surface area contributed by atoms with Gasteiger partial charge in [-0.2, -0.15) is 0 Å². The van der Waals surface area contributed by atoms with E-state index in [1.807, 2.05) is 5.57 Å². The first-order valence-corrected chi connectivity index (χ1v) is 5.61. The molecule has 3 aliphatic carbocycles. The van der Waals surface area contributed by atoms with Crippen LogP contribution in [0.3, 0.4) is 0 Å². The van der Waals surface area contributed by atoms with Crippen LogP contribution in [0.15, 0.2) is 11.6 Å². The van der Waals surface area contributed by atoms with E-state index in [9.17, 15) is 0 Å². The molecule has 0 spiro atoms. The van der Waals surface area contributed by atoms with Crippen LogP contribution in [-0.2, 0) is 0 Å². The van der Waals surface area contributed by atoms with Crippen LogP contribution in [-0.4, -0.2) is 0 Å². The van der Waals surface area contributed by atoms with Crippen LogP contribution >= 0.6 is 0 Å². The summed E-state index contributed by atoms with van der Waals surface area (Å²) in [7, 11) is 0. The lowest BCUT2D eigenvalue weighted by atomic mass is 9.66. The third kappa shape index (κ3) is 0.787. The highest BCUT2D eigenvalue weighted by Gasteiger charge is 2.46. The molecule has 0 aliphatic heterocycles. The summed E-state index contributed by atoms with van der Waals surface area (Å²) < 4.78 is 0. The topological polar surface area (TPSA) is 0 Å². The molecule has 2 bridgehead atoms. The minimum absolute atomic E-state index is 0.751. The normalized spacial score (nSPS) is 45.3. The second-order valence-corrected chi connectivity index (χ2v) is 4.96. The van der Waals surface area contributed by atoms with E-state index < -0.39 is 0 Å². The van der Waals surface area contributed by atoms with Crippen molar-refractivity contribution in [3.05, 3.63) is 11.6 Å².